The molecule has 0 bridgehead atoms. The standard InChI is InChI=1S/C23H27N3O6/c1-25-8-11-6-13(26(2)3)12-5-9-4-10-7-14(27)18(23(24)32)22(31)16(10)20(29)15(9)21(30)17(12)19(11)28/h6,9-10,16,25,28,30-31H,4-5,7-8H2,1-3H3,(H2,24,32). The highest BCUT2D eigenvalue weighted by atomic mass is 16.3. The van der Waals surface area contributed by atoms with E-state index in [9.17, 15) is 29.7 Å². The second-order valence-electron chi connectivity index (χ2n) is 8.93. The van der Waals surface area contributed by atoms with Crippen LogP contribution in [-0.4, -0.2) is 53.9 Å². The largest absolute Gasteiger partial charge is 0.511 e. The van der Waals surface area contributed by atoms with E-state index in [2.05, 4.69) is 5.32 Å². The Morgan fingerprint density at radius 1 is 1.22 bits per heavy atom. The number of rotatable bonds is 4. The van der Waals surface area contributed by atoms with Crippen molar-refractivity contribution in [1.82, 2.24) is 5.32 Å². The third kappa shape index (κ3) is 3.07. The molecule has 0 radical (unpaired) electrons. The Morgan fingerprint density at radius 3 is 2.50 bits per heavy atom. The van der Waals surface area contributed by atoms with Crippen molar-refractivity contribution < 1.29 is 29.7 Å². The average Bonchev–Trinajstić information content (AvgIpc) is 2.68. The number of fused-ring (bicyclic) bond motifs is 3. The molecule has 0 saturated heterocycles. The summed E-state index contributed by atoms with van der Waals surface area (Å²) in [5.41, 5.74) is 7.16. The van der Waals surface area contributed by atoms with Crippen LogP contribution in [0, 0.1) is 17.8 Å². The number of aliphatic hydroxyl groups excluding tert-OH is 2. The van der Waals surface area contributed by atoms with E-state index in [1.54, 1.807) is 7.05 Å². The Morgan fingerprint density at radius 2 is 1.91 bits per heavy atom. The van der Waals surface area contributed by atoms with Crippen LogP contribution < -0.4 is 16.0 Å². The number of carbonyl (C=O) groups is 3. The van der Waals surface area contributed by atoms with Gasteiger partial charge in [-0.2, -0.15) is 0 Å². The third-order valence-corrected chi connectivity index (χ3v) is 6.79. The fraction of sp³-hybridized carbons (Fsp3) is 0.435. The van der Waals surface area contributed by atoms with Gasteiger partial charge in [-0.3, -0.25) is 14.4 Å². The van der Waals surface area contributed by atoms with Gasteiger partial charge in [0.05, 0.1) is 11.5 Å². The van der Waals surface area contributed by atoms with E-state index >= 15 is 0 Å². The van der Waals surface area contributed by atoms with Gasteiger partial charge < -0.3 is 31.3 Å². The van der Waals surface area contributed by atoms with Gasteiger partial charge in [-0.05, 0) is 43.4 Å². The average molecular weight is 441 g/mol. The van der Waals surface area contributed by atoms with Crippen molar-refractivity contribution in [2.75, 3.05) is 26.0 Å². The van der Waals surface area contributed by atoms with Crippen molar-refractivity contribution in [2.24, 2.45) is 23.5 Å². The first-order valence-electron chi connectivity index (χ1n) is 10.5. The number of hydrogen-bond acceptors (Lipinski definition) is 8. The third-order valence-electron chi connectivity index (χ3n) is 6.79. The van der Waals surface area contributed by atoms with E-state index in [0.29, 0.717) is 24.9 Å². The van der Waals surface area contributed by atoms with Crippen molar-refractivity contribution in [3.05, 3.63) is 39.7 Å². The first kappa shape index (κ1) is 21.9. The summed E-state index contributed by atoms with van der Waals surface area (Å²) in [4.78, 5) is 39.4. The van der Waals surface area contributed by atoms with Gasteiger partial charge in [-0.1, -0.05) is 0 Å². The summed E-state index contributed by atoms with van der Waals surface area (Å²) in [5.74, 6) is -5.18. The van der Waals surface area contributed by atoms with Gasteiger partial charge in [0, 0.05) is 43.9 Å². The molecule has 1 amide bonds. The fourth-order valence-electron chi connectivity index (χ4n) is 5.47. The molecule has 1 aromatic carbocycles. The van der Waals surface area contributed by atoms with Crippen LogP contribution in [0.15, 0.2) is 23.0 Å². The molecule has 9 nitrogen and oxygen atoms in total. The van der Waals surface area contributed by atoms with Gasteiger partial charge in [-0.25, -0.2) is 0 Å². The Balaban J connectivity index is 1.91. The monoisotopic (exact) mass is 441 g/mol. The molecule has 3 unspecified atom stereocenters. The molecule has 9 heteroatoms. The SMILES string of the molecule is CNCc1cc(N(C)C)c2c(c1O)C(O)=C1C(=O)C3C(O)=C(C(N)=O)C(=O)CC3CC1C2. The van der Waals surface area contributed by atoms with Gasteiger partial charge in [-0.15, -0.1) is 0 Å². The van der Waals surface area contributed by atoms with Crippen LogP contribution in [0.3, 0.4) is 0 Å². The lowest BCUT2D eigenvalue weighted by Gasteiger charge is -2.41. The van der Waals surface area contributed by atoms with Crippen molar-refractivity contribution in [3.8, 4) is 5.75 Å². The number of anilines is 1. The number of ketones is 2. The summed E-state index contributed by atoms with van der Waals surface area (Å²) in [6, 6.07) is 1.86. The predicted molar refractivity (Wildman–Crippen MR) is 117 cm³/mol. The number of nitrogens with zero attached hydrogens (tertiary/aromatic N) is 1. The summed E-state index contributed by atoms with van der Waals surface area (Å²) >= 11 is 0. The Hall–Kier alpha value is -3.33. The van der Waals surface area contributed by atoms with Crippen LogP contribution in [0.25, 0.3) is 5.76 Å². The second kappa shape index (κ2) is 7.67. The minimum atomic E-state index is -1.11. The molecule has 0 aliphatic heterocycles. The molecule has 3 atom stereocenters. The number of phenolic OH excluding ortho intramolecular Hbond substituents is 1. The first-order valence-corrected chi connectivity index (χ1v) is 10.5. The van der Waals surface area contributed by atoms with E-state index in [-0.39, 0.29) is 35.0 Å². The molecule has 1 aromatic rings. The number of phenols is 1. The van der Waals surface area contributed by atoms with Gasteiger partial charge in [0.2, 0.25) is 0 Å². The van der Waals surface area contributed by atoms with E-state index in [4.69, 9.17) is 5.73 Å². The van der Waals surface area contributed by atoms with Crippen molar-refractivity contribution in [2.45, 2.75) is 25.8 Å². The highest BCUT2D eigenvalue weighted by molar-refractivity contribution is 6.21. The van der Waals surface area contributed by atoms with Crippen LogP contribution in [-0.2, 0) is 27.3 Å². The topological polar surface area (TPSA) is 153 Å². The van der Waals surface area contributed by atoms with Gasteiger partial charge in [0.15, 0.2) is 11.6 Å². The number of nitrogens with one attached hydrogen (secondary N) is 1. The number of primary amides is 1. The molecule has 3 aliphatic rings. The van der Waals surface area contributed by atoms with Crippen molar-refractivity contribution in [3.63, 3.8) is 0 Å². The molecule has 170 valence electrons. The molecule has 1 fully saturated rings. The maximum Gasteiger partial charge on any atom is 0.255 e. The van der Waals surface area contributed by atoms with E-state index in [0.717, 1.165) is 11.3 Å². The minimum Gasteiger partial charge on any atom is -0.511 e. The molecule has 1 saturated carbocycles. The normalized spacial score (nSPS) is 24.8. The summed E-state index contributed by atoms with van der Waals surface area (Å²) in [6.07, 6.45) is 0.706. The molecular formula is C23H27N3O6. The summed E-state index contributed by atoms with van der Waals surface area (Å²) in [7, 11) is 5.47. The summed E-state index contributed by atoms with van der Waals surface area (Å²) in [5, 5.41) is 35.7. The summed E-state index contributed by atoms with van der Waals surface area (Å²) in [6.45, 7) is 0.359. The van der Waals surface area contributed by atoms with E-state index in [1.165, 1.54) is 0 Å². The first-order chi connectivity index (χ1) is 15.1. The lowest BCUT2D eigenvalue weighted by atomic mass is 9.61. The number of allylic oxidation sites excluding steroid dienone is 2. The smallest absolute Gasteiger partial charge is 0.255 e. The van der Waals surface area contributed by atoms with E-state index in [1.807, 2.05) is 25.1 Å². The zero-order chi connectivity index (χ0) is 23.5. The molecule has 3 aliphatic carbocycles. The maximum atomic E-state index is 13.5. The molecular weight excluding hydrogens is 414 g/mol. The Labute approximate surface area is 185 Å². The lowest BCUT2D eigenvalue weighted by Crippen LogP contribution is -2.44. The molecule has 6 N–H and O–H groups in total. The van der Waals surface area contributed by atoms with Crippen LogP contribution in [0.4, 0.5) is 5.69 Å². The summed E-state index contributed by atoms with van der Waals surface area (Å²) < 4.78 is 0. The minimum absolute atomic E-state index is 0.0664. The highest BCUT2D eigenvalue weighted by Gasteiger charge is 2.51. The Kier molecular flexibility index (Phi) is 5.24. The second-order valence-corrected chi connectivity index (χ2v) is 8.93. The zero-order valence-corrected chi connectivity index (χ0v) is 18.2. The number of benzene rings is 1. The predicted octanol–water partition coefficient (Wildman–Crippen LogP) is 1.09. The molecule has 0 aromatic heterocycles. The van der Waals surface area contributed by atoms with Crippen LogP contribution in [0.1, 0.15) is 29.5 Å². The van der Waals surface area contributed by atoms with Crippen LogP contribution in [0.2, 0.25) is 0 Å². The fourth-order valence-corrected chi connectivity index (χ4v) is 5.47. The van der Waals surface area contributed by atoms with Gasteiger partial charge >= 0.3 is 0 Å². The quantitative estimate of drug-likeness (QED) is 0.435. The van der Waals surface area contributed by atoms with Crippen LogP contribution in [0.5, 0.6) is 5.75 Å². The maximum absolute atomic E-state index is 13.5. The number of Topliss-reactive ketones (excluding diaryl/α,β-unsaturated/α-hetero) is 2. The van der Waals surface area contributed by atoms with Gasteiger partial charge in [0.25, 0.3) is 5.91 Å². The number of carbonyl (C=O) groups excluding carboxylic acids is 3. The Bertz CT molecular complexity index is 1120. The molecule has 32 heavy (non-hydrogen) atoms. The number of amides is 1. The van der Waals surface area contributed by atoms with Crippen LogP contribution >= 0.6 is 0 Å². The molecule has 0 spiro atoms. The van der Waals surface area contributed by atoms with E-state index < -0.39 is 40.6 Å². The molecule has 4 rings (SSSR count). The number of aromatic hydroxyl groups is 1. The lowest BCUT2D eigenvalue weighted by molar-refractivity contribution is -0.127. The number of hydrogen-bond donors (Lipinski definition) is 5. The number of nitrogens with two attached hydrogens (primary N) is 1. The zero-order valence-electron chi connectivity index (χ0n) is 18.2. The highest BCUT2D eigenvalue weighted by Crippen LogP contribution is 2.52. The van der Waals surface area contributed by atoms with Crippen molar-refractivity contribution >= 4 is 28.9 Å². The molecule has 0 heterocycles. The van der Waals surface area contributed by atoms with Gasteiger partial charge in [0.1, 0.15) is 22.8 Å². The van der Waals surface area contributed by atoms with Crippen molar-refractivity contribution in [1.29, 1.82) is 0 Å². The number of aliphatic hydroxyl groups is 2.